The molecule has 0 bridgehead atoms. The van der Waals surface area contributed by atoms with Crippen molar-refractivity contribution in [3.05, 3.63) is 72.9 Å². The first-order valence-electron chi connectivity index (χ1n) is 24.5. The van der Waals surface area contributed by atoms with Gasteiger partial charge in [0.05, 0.1) is 6.61 Å². The molecule has 1 unspecified atom stereocenters. The Hall–Kier alpha value is -2.66. The number of hydrogen-bond acceptors (Lipinski definition) is 5. The van der Waals surface area contributed by atoms with E-state index in [2.05, 4.69) is 87.6 Å². The van der Waals surface area contributed by atoms with E-state index in [0.29, 0.717) is 25.9 Å². The van der Waals surface area contributed by atoms with E-state index in [4.69, 9.17) is 14.2 Å². The van der Waals surface area contributed by atoms with E-state index in [0.717, 1.165) is 64.2 Å². The van der Waals surface area contributed by atoms with Crippen LogP contribution in [0.15, 0.2) is 72.9 Å². The zero-order valence-corrected chi connectivity index (χ0v) is 38.3. The molecule has 0 aliphatic rings. The fourth-order valence-corrected chi connectivity index (χ4v) is 6.61. The van der Waals surface area contributed by atoms with E-state index in [9.17, 15) is 9.59 Å². The molecule has 0 aromatic carbocycles. The van der Waals surface area contributed by atoms with Gasteiger partial charge in [0.2, 0.25) is 0 Å². The number of rotatable bonds is 44. The summed E-state index contributed by atoms with van der Waals surface area (Å²) in [7, 11) is 0. The highest BCUT2D eigenvalue weighted by atomic mass is 16.6. The zero-order chi connectivity index (χ0) is 42.1. The Bertz CT molecular complexity index is 1050. The fourth-order valence-electron chi connectivity index (χ4n) is 6.61. The Kier molecular flexibility index (Phi) is 46.5. The molecule has 5 nitrogen and oxygen atoms in total. The normalized spacial score (nSPS) is 12.8. The number of unbranched alkanes of at least 4 members (excludes halogenated alkanes) is 21. The van der Waals surface area contributed by atoms with Crippen molar-refractivity contribution in [2.45, 2.75) is 232 Å². The third kappa shape index (κ3) is 46.0. The average molecular weight is 809 g/mol. The summed E-state index contributed by atoms with van der Waals surface area (Å²) in [4.78, 5) is 25.3. The van der Waals surface area contributed by atoms with Gasteiger partial charge in [0.25, 0.3) is 0 Å². The molecule has 334 valence electrons. The van der Waals surface area contributed by atoms with Crippen molar-refractivity contribution in [3.8, 4) is 0 Å². The number of allylic oxidation sites excluding steroid dienone is 12. The smallest absolute Gasteiger partial charge is 0.306 e. The molecule has 0 saturated carbocycles. The van der Waals surface area contributed by atoms with Crippen LogP contribution in [0.1, 0.15) is 226 Å². The Morgan fingerprint density at radius 2 is 0.810 bits per heavy atom. The Balaban J connectivity index is 4.33. The molecular formula is C53H92O5. The number of esters is 2. The third-order valence-electron chi connectivity index (χ3n) is 10.2. The van der Waals surface area contributed by atoms with Crippen molar-refractivity contribution in [1.29, 1.82) is 0 Å². The first-order chi connectivity index (χ1) is 28.6. The SMILES string of the molecule is CC/C=C\C/C=C\C/C=C\C/C=C\CCC(=O)OC(COCCCCCCCCCCCCCC)COC(=O)CCCCCCCCC/C=C\C/C=C\CCCCC. The second-order valence-corrected chi connectivity index (χ2v) is 16.0. The summed E-state index contributed by atoms with van der Waals surface area (Å²) in [6, 6.07) is 0. The van der Waals surface area contributed by atoms with Crippen molar-refractivity contribution in [3.63, 3.8) is 0 Å². The predicted octanol–water partition coefficient (Wildman–Crippen LogP) is 16.3. The highest BCUT2D eigenvalue weighted by Gasteiger charge is 2.17. The van der Waals surface area contributed by atoms with Crippen molar-refractivity contribution in [2.24, 2.45) is 0 Å². The molecule has 0 aromatic rings. The second-order valence-electron chi connectivity index (χ2n) is 16.0. The lowest BCUT2D eigenvalue weighted by Crippen LogP contribution is -2.30. The molecular weight excluding hydrogens is 717 g/mol. The van der Waals surface area contributed by atoms with Crippen LogP contribution >= 0.6 is 0 Å². The standard InChI is InChI=1S/C53H92O5/c1-4-7-10-13-16-19-22-25-26-27-28-30-31-34-37-40-43-46-52(54)57-50-51(49-56-48-45-42-39-36-33-24-21-18-15-12-9-6-3)58-53(55)47-44-41-38-35-32-29-23-20-17-14-11-8-5-2/h8,11,16-17,19-20,25-26,29,32,38,41,51H,4-7,9-10,12-15,18,21-24,27-28,30-31,33-37,39-40,42-50H2,1-3H3/b11-8-,19-16-,20-17-,26-25-,32-29-,41-38-. The maximum absolute atomic E-state index is 12.7. The number of hydrogen-bond donors (Lipinski definition) is 0. The van der Waals surface area contributed by atoms with Crippen LogP contribution in [-0.4, -0.2) is 37.9 Å². The minimum atomic E-state index is -0.576. The highest BCUT2D eigenvalue weighted by Crippen LogP contribution is 2.14. The van der Waals surface area contributed by atoms with Gasteiger partial charge in [0.1, 0.15) is 6.61 Å². The summed E-state index contributed by atoms with van der Waals surface area (Å²) in [6.45, 7) is 7.61. The molecule has 0 rings (SSSR count). The average Bonchev–Trinajstić information content (AvgIpc) is 3.22. The summed E-state index contributed by atoms with van der Waals surface area (Å²) in [5, 5.41) is 0. The summed E-state index contributed by atoms with van der Waals surface area (Å²) >= 11 is 0. The van der Waals surface area contributed by atoms with Crippen LogP contribution in [0, 0.1) is 0 Å². The molecule has 0 heterocycles. The van der Waals surface area contributed by atoms with Gasteiger partial charge in [-0.15, -0.1) is 0 Å². The summed E-state index contributed by atoms with van der Waals surface area (Å²) in [6.07, 6.45) is 62.0. The van der Waals surface area contributed by atoms with E-state index in [1.54, 1.807) is 0 Å². The van der Waals surface area contributed by atoms with E-state index in [1.807, 2.05) is 6.08 Å². The first kappa shape index (κ1) is 55.3. The molecule has 0 aliphatic heterocycles. The Labute approximate surface area is 359 Å². The molecule has 5 heteroatoms. The molecule has 0 aromatic heterocycles. The van der Waals surface area contributed by atoms with Crippen molar-refractivity contribution >= 4 is 11.9 Å². The van der Waals surface area contributed by atoms with Gasteiger partial charge in [-0.25, -0.2) is 0 Å². The summed E-state index contributed by atoms with van der Waals surface area (Å²) in [5.74, 6) is -0.497. The molecule has 0 spiro atoms. The largest absolute Gasteiger partial charge is 0.462 e. The van der Waals surface area contributed by atoms with Crippen LogP contribution in [0.3, 0.4) is 0 Å². The lowest BCUT2D eigenvalue weighted by molar-refractivity contribution is -0.162. The van der Waals surface area contributed by atoms with Gasteiger partial charge < -0.3 is 14.2 Å². The predicted molar refractivity (Wildman–Crippen MR) is 251 cm³/mol. The number of carbonyl (C=O) groups is 2. The van der Waals surface area contributed by atoms with Gasteiger partial charge in [0, 0.05) is 19.4 Å². The molecule has 1 atom stereocenters. The van der Waals surface area contributed by atoms with Gasteiger partial charge in [-0.3, -0.25) is 9.59 Å². The van der Waals surface area contributed by atoms with E-state index >= 15 is 0 Å². The van der Waals surface area contributed by atoms with Gasteiger partial charge in [-0.05, 0) is 77.0 Å². The van der Waals surface area contributed by atoms with Gasteiger partial charge in [0.15, 0.2) is 6.10 Å². The monoisotopic (exact) mass is 809 g/mol. The number of ether oxygens (including phenoxy) is 3. The maximum Gasteiger partial charge on any atom is 0.306 e. The topological polar surface area (TPSA) is 61.8 Å². The van der Waals surface area contributed by atoms with Gasteiger partial charge in [-0.1, -0.05) is 209 Å². The van der Waals surface area contributed by atoms with Crippen molar-refractivity contribution in [2.75, 3.05) is 19.8 Å². The van der Waals surface area contributed by atoms with E-state index in [1.165, 1.54) is 122 Å². The lowest BCUT2D eigenvalue weighted by atomic mass is 10.1. The minimum Gasteiger partial charge on any atom is -0.462 e. The summed E-state index contributed by atoms with van der Waals surface area (Å²) in [5.41, 5.74) is 0. The van der Waals surface area contributed by atoms with Crippen LogP contribution in [0.4, 0.5) is 0 Å². The van der Waals surface area contributed by atoms with Crippen LogP contribution in [0.25, 0.3) is 0 Å². The molecule has 0 saturated heterocycles. The van der Waals surface area contributed by atoms with Crippen LogP contribution < -0.4 is 0 Å². The van der Waals surface area contributed by atoms with Crippen LogP contribution in [0.2, 0.25) is 0 Å². The third-order valence-corrected chi connectivity index (χ3v) is 10.2. The van der Waals surface area contributed by atoms with Gasteiger partial charge in [-0.2, -0.15) is 0 Å². The molecule has 58 heavy (non-hydrogen) atoms. The highest BCUT2D eigenvalue weighted by molar-refractivity contribution is 5.70. The second kappa shape index (κ2) is 48.7. The van der Waals surface area contributed by atoms with E-state index in [-0.39, 0.29) is 25.2 Å². The molecule has 0 N–H and O–H groups in total. The Morgan fingerprint density at radius 1 is 0.397 bits per heavy atom. The minimum absolute atomic E-state index is 0.0523. The van der Waals surface area contributed by atoms with Crippen molar-refractivity contribution < 1.29 is 23.8 Å². The molecule has 0 fully saturated rings. The molecule has 0 radical (unpaired) electrons. The Morgan fingerprint density at radius 3 is 1.34 bits per heavy atom. The van der Waals surface area contributed by atoms with E-state index < -0.39 is 6.10 Å². The maximum atomic E-state index is 12.7. The first-order valence-corrected chi connectivity index (χ1v) is 24.5. The lowest BCUT2D eigenvalue weighted by Gasteiger charge is -2.18. The fraction of sp³-hybridized carbons (Fsp3) is 0.736. The zero-order valence-electron chi connectivity index (χ0n) is 38.3. The molecule has 0 amide bonds. The summed E-state index contributed by atoms with van der Waals surface area (Å²) < 4.78 is 17.3. The number of carbonyl (C=O) groups excluding carboxylic acids is 2. The van der Waals surface area contributed by atoms with Crippen LogP contribution in [0.5, 0.6) is 0 Å². The van der Waals surface area contributed by atoms with Gasteiger partial charge >= 0.3 is 11.9 Å². The molecule has 0 aliphatic carbocycles. The quantitative estimate of drug-likeness (QED) is 0.0348. The van der Waals surface area contributed by atoms with Crippen molar-refractivity contribution in [1.82, 2.24) is 0 Å². The van der Waals surface area contributed by atoms with Crippen LogP contribution in [-0.2, 0) is 23.8 Å².